The van der Waals surface area contributed by atoms with Crippen molar-refractivity contribution in [2.24, 2.45) is 0 Å². The lowest BCUT2D eigenvalue weighted by molar-refractivity contribution is -0.154. The second-order valence-corrected chi connectivity index (χ2v) is 4.54. The van der Waals surface area contributed by atoms with Crippen molar-refractivity contribution < 1.29 is 29.0 Å². The zero-order valence-electron chi connectivity index (χ0n) is 8.40. The standard InChI is InChI=1S/C8H10O6S3/c9-5(10)2-4(15)7(12)14-3(8(13)17)1-6(11)16/h3-4,15H,1-2H2,(H,9,10)(H,11,16)(H,13,17). The minimum Gasteiger partial charge on any atom is -0.481 e. The molecule has 2 unspecified atom stereocenters. The number of thiol groups is 3. The smallest absolute Gasteiger partial charge is 0.320 e. The molecule has 6 nitrogen and oxygen atoms in total. The van der Waals surface area contributed by atoms with E-state index >= 15 is 0 Å². The van der Waals surface area contributed by atoms with Gasteiger partial charge in [0.25, 0.3) is 0 Å². The van der Waals surface area contributed by atoms with E-state index in [2.05, 4.69) is 42.6 Å². The molecular formula is C8H10O6S3. The van der Waals surface area contributed by atoms with E-state index in [-0.39, 0.29) is 0 Å². The number of carboxylic acid groups (broad SMARTS) is 1. The van der Waals surface area contributed by atoms with E-state index in [1.54, 1.807) is 0 Å². The highest BCUT2D eigenvalue weighted by Crippen LogP contribution is 2.11. The molecule has 0 aromatic rings. The molecule has 0 amide bonds. The summed E-state index contributed by atoms with van der Waals surface area (Å²) in [6.45, 7) is 0. The molecule has 0 heterocycles. The van der Waals surface area contributed by atoms with E-state index in [4.69, 9.17) is 5.11 Å². The lowest BCUT2D eigenvalue weighted by Gasteiger charge is -2.15. The van der Waals surface area contributed by atoms with E-state index < -0.39 is 46.4 Å². The second kappa shape index (κ2) is 7.62. The third-order valence-electron chi connectivity index (χ3n) is 1.53. The highest BCUT2D eigenvalue weighted by atomic mass is 32.1. The Kier molecular flexibility index (Phi) is 7.32. The minimum atomic E-state index is -1.38. The summed E-state index contributed by atoms with van der Waals surface area (Å²) in [4.78, 5) is 43.2. The number of esters is 1. The van der Waals surface area contributed by atoms with E-state index in [0.29, 0.717) is 0 Å². The summed E-state index contributed by atoms with van der Waals surface area (Å²) in [5.41, 5.74) is 0. The maximum Gasteiger partial charge on any atom is 0.320 e. The van der Waals surface area contributed by atoms with Crippen LogP contribution in [0.1, 0.15) is 12.8 Å². The van der Waals surface area contributed by atoms with Crippen LogP contribution in [0.2, 0.25) is 0 Å². The number of hydrogen-bond acceptors (Lipinski definition) is 6. The maximum absolute atomic E-state index is 11.3. The first-order valence-corrected chi connectivity index (χ1v) is 5.70. The van der Waals surface area contributed by atoms with Crippen molar-refractivity contribution in [2.75, 3.05) is 0 Å². The molecule has 0 saturated heterocycles. The fourth-order valence-corrected chi connectivity index (χ4v) is 1.33. The van der Waals surface area contributed by atoms with Crippen molar-refractivity contribution in [3.8, 4) is 0 Å². The van der Waals surface area contributed by atoms with Gasteiger partial charge in [-0.15, -0.1) is 25.3 Å². The topological polar surface area (TPSA) is 97.7 Å². The fraction of sp³-hybridized carbons (Fsp3) is 0.500. The predicted octanol–water partition coefficient (Wildman–Crippen LogP) is -0.0258. The molecule has 0 aromatic heterocycles. The van der Waals surface area contributed by atoms with Crippen molar-refractivity contribution in [1.82, 2.24) is 0 Å². The van der Waals surface area contributed by atoms with Crippen LogP contribution in [0.25, 0.3) is 0 Å². The number of carbonyl (C=O) groups excluding carboxylic acids is 3. The van der Waals surface area contributed by atoms with Gasteiger partial charge in [-0.1, -0.05) is 0 Å². The highest BCUT2D eigenvalue weighted by Gasteiger charge is 2.26. The Morgan fingerprint density at radius 3 is 2.00 bits per heavy atom. The molecule has 0 fully saturated rings. The Labute approximate surface area is 113 Å². The van der Waals surface area contributed by atoms with Crippen LogP contribution in [0.3, 0.4) is 0 Å². The first kappa shape index (κ1) is 16.3. The lowest BCUT2D eigenvalue weighted by Crippen LogP contribution is -2.31. The quantitative estimate of drug-likeness (QED) is 0.389. The first-order chi connectivity index (χ1) is 7.73. The summed E-state index contributed by atoms with van der Waals surface area (Å²) >= 11 is 10.6. The number of ether oxygens (including phenoxy) is 1. The third kappa shape index (κ3) is 7.29. The van der Waals surface area contributed by atoms with Crippen LogP contribution in [0.5, 0.6) is 0 Å². The lowest BCUT2D eigenvalue weighted by atomic mass is 10.2. The predicted molar refractivity (Wildman–Crippen MR) is 67.5 cm³/mol. The molecule has 0 rings (SSSR count). The van der Waals surface area contributed by atoms with E-state index in [1.165, 1.54) is 0 Å². The van der Waals surface area contributed by atoms with Crippen LogP contribution < -0.4 is 0 Å². The van der Waals surface area contributed by atoms with Crippen molar-refractivity contribution in [3.63, 3.8) is 0 Å². The van der Waals surface area contributed by atoms with Crippen molar-refractivity contribution in [3.05, 3.63) is 0 Å². The van der Waals surface area contributed by atoms with Gasteiger partial charge in [0.1, 0.15) is 5.25 Å². The van der Waals surface area contributed by atoms with Crippen LogP contribution in [0.15, 0.2) is 0 Å². The van der Waals surface area contributed by atoms with Gasteiger partial charge >= 0.3 is 11.9 Å². The Morgan fingerprint density at radius 2 is 1.65 bits per heavy atom. The van der Waals surface area contributed by atoms with Crippen LogP contribution in [-0.2, 0) is 23.9 Å². The average molecular weight is 298 g/mol. The van der Waals surface area contributed by atoms with Gasteiger partial charge in [-0.25, -0.2) is 0 Å². The zero-order valence-corrected chi connectivity index (χ0v) is 11.1. The second-order valence-electron chi connectivity index (χ2n) is 2.98. The molecule has 2 atom stereocenters. The largest absolute Gasteiger partial charge is 0.481 e. The molecule has 96 valence electrons. The van der Waals surface area contributed by atoms with Crippen LogP contribution in [-0.4, -0.2) is 38.6 Å². The van der Waals surface area contributed by atoms with Gasteiger partial charge in [0.15, 0.2) is 11.2 Å². The number of carbonyl (C=O) groups is 4. The Hall–Kier alpha value is -0.670. The summed E-state index contributed by atoms with van der Waals surface area (Å²) < 4.78 is 4.61. The normalized spacial score (nSPS) is 13.6. The molecule has 0 saturated carbocycles. The molecule has 17 heavy (non-hydrogen) atoms. The fourth-order valence-electron chi connectivity index (χ4n) is 0.805. The molecule has 9 heteroatoms. The Bertz CT molecular complexity index is 342. The minimum absolute atomic E-state index is 0.426. The average Bonchev–Trinajstić information content (AvgIpc) is 2.14. The van der Waals surface area contributed by atoms with Gasteiger partial charge in [0.2, 0.25) is 5.12 Å². The van der Waals surface area contributed by atoms with Crippen LogP contribution in [0.4, 0.5) is 0 Å². The van der Waals surface area contributed by atoms with Gasteiger partial charge in [-0.2, -0.15) is 12.6 Å². The van der Waals surface area contributed by atoms with Crippen LogP contribution in [0, 0.1) is 0 Å². The molecule has 0 aliphatic heterocycles. The van der Waals surface area contributed by atoms with Gasteiger partial charge in [-0.3, -0.25) is 19.2 Å². The van der Waals surface area contributed by atoms with Gasteiger partial charge in [0, 0.05) is 0 Å². The van der Waals surface area contributed by atoms with Crippen molar-refractivity contribution in [1.29, 1.82) is 0 Å². The van der Waals surface area contributed by atoms with E-state index in [9.17, 15) is 19.2 Å². The van der Waals surface area contributed by atoms with Crippen molar-refractivity contribution >= 4 is 60.1 Å². The highest BCUT2D eigenvalue weighted by molar-refractivity contribution is 7.97. The molecule has 0 bridgehead atoms. The number of rotatable bonds is 7. The Balaban J connectivity index is 4.44. The molecule has 0 radical (unpaired) electrons. The first-order valence-electron chi connectivity index (χ1n) is 4.29. The van der Waals surface area contributed by atoms with E-state index in [1.807, 2.05) is 0 Å². The molecule has 0 aliphatic carbocycles. The van der Waals surface area contributed by atoms with Gasteiger partial charge in [-0.05, 0) is 0 Å². The molecule has 0 spiro atoms. The number of hydrogen-bond donors (Lipinski definition) is 4. The number of aliphatic carboxylic acids is 1. The van der Waals surface area contributed by atoms with Gasteiger partial charge in [0.05, 0.1) is 12.8 Å². The summed E-state index contributed by atoms with van der Waals surface area (Å²) in [5.74, 6) is -2.24. The SMILES string of the molecule is O=C(O)CC(S)C(=O)OC(CC(=O)S)C(=O)S. The number of carboxylic acids is 1. The van der Waals surface area contributed by atoms with Crippen molar-refractivity contribution in [2.45, 2.75) is 24.2 Å². The summed E-state index contributed by atoms with van der Waals surface area (Å²) in [6, 6.07) is 0. The summed E-state index contributed by atoms with van der Waals surface area (Å²) in [5, 5.41) is 5.73. The summed E-state index contributed by atoms with van der Waals surface area (Å²) in [6.07, 6.45) is -2.35. The monoisotopic (exact) mass is 298 g/mol. The molecule has 1 N–H and O–H groups in total. The molecule has 0 aliphatic rings. The zero-order chi connectivity index (χ0) is 13.6. The molecular weight excluding hydrogens is 288 g/mol. The maximum atomic E-state index is 11.3. The van der Waals surface area contributed by atoms with Crippen LogP contribution >= 0.6 is 37.9 Å². The Morgan fingerprint density at radius 1 is 1.12 bits per heavy atom. The van der Waals surface area contributed by atoms with E-state index in [0.717, 1.165) is 0 Å². The van der Waals surface area contributed by atoms with Gasteiger partial charge < -0.3 is 9.84 Å². The molecule has 0 aromatic carbocycles. The third-order valence-corrected chi connectivity index (χ3v) is 2.40. The summed E-state index contributed by atoms with van der Waals surface area (Å²) in [7, 11) is 0.